The molecule has 0 saturated carbocycles. The van der Waals surface area contributed by atoms with Crippen molar-refractivity contribution < 1.29 is 23.1 Å². The van der Waals surface area contributed by atoms with Gasteiger partial charge in [-0.2, -0.15) is 0 Å². The van der Waals surface area contributed by atoms with E-state index in [0.717, 1.165) is 0 Å². The van der Waals surface area contributed by atoms with Crippen molar-refractivity contribution in [2.75, 3.05) is 0 Å². The van der Waals surface area contributed by atoms with Gasteiger partial charge in [0.1, 0.15) is 5.82 Å². The number of hydrogen-bond acceptors (Lipinski definition) is 2. The molecule has 0 bridgehead atoms. The lowest BCUT2D eigenvalue weighted by Gasteiger charge is -2.17. The first-order valence-electron chi connectivity index (χ1n) is 4.47. The smallest absolute Gasteiger partial charge is 0.312 e. The maximum atomic E-state index is 13.3. The van der Waals surface area contributed by atoms with Gasteiger partial charge >= 0.3 is 5.97 Å². The van der Waals surface area contributed by atoms with Crippen molar-refractivity contribution in [3.05, 3.63) is 35.1 Å². The Hall–Kier alpha value is -1.27. The van der Waals surface area contributed by atoms with E-state index in [1.165, 1.54) is 6.92 Å². The van der Waals surface area contributed by atoms with Gasteiger partial charge in [0.2, 0.25) is 0 Å². The fourth-order valence-corrected chi connectivity index (χ4v) is 1.42. The average molecular weight is 270 g/mol. The zero-order valence-corrected chi connectivity index (χ0v) is 9.60. The molecule has 0 spiro atoms. The van der Waals surface area contributed by atoms with E-state index in [-0.39, 0.29) is 12.4 Å². The Balaban J connectivity index is 0.00000256. The van der Waals surface area contributed by atoms with Crippen LogP contribution in [0.5, 0.6) is 0 Å². The van der Waals surface area contributed by atoms with Crippen molar-refractivity contribution in [2.45, 2.75) is 18.9 Å². The lowest BCUT2D eigenvalue weighted by atomic mass is 9.92. The lowest BCUT2D eigenvalue weighted by Crippen LogP contribution is -2.31. The maximum absolute atomic E-state index is 13.3. The van der Waals surface area contributed by atoms with Gasteiger partial charge in [-0.3, -0.25) is 4.79 Å². The fourth-order valence-electron chi connectivity index (χ4n) is 1.42. The third kappa shape index (κ3) is 3.34. The number of carboxylic acids is 1. The van der Waals surface area contributed by atoms with E-state index in [1.807, 2.05) is 0 Å². The molecule has 0 aliphatic carbocycles. The van der Waals surface area contributed by atoms with Crippen LogP contribution in [-0.4, -0.2) is 17.1 Å². The number of carboxylic acid groups (broad SMARTS) is 1. The Bertz CT molecular complexity index is 426. The van der Waals surface area contributed by atoms with E-state index in [2.05, 4.69) is 0 Å². The first kappa shape index (κ1) is 15.7. The van der Waals surface area contributed by atoms with Gasteiger partial charge in [-0.25, -0.2) is 13.2 Å². The molecule has 0 aliphatic heterocycles. The van der Waals surface area contributed by atoms with E-state index in [1.54, 1.807) is 0 Å². The maximum Gasteiger partial charge on any atom is 0.312 e. The molecule has 0 aromatic heterocycles. The van der Waals surface area contributed by atoms with Crippen molar-refractivity contribution in [1.29, 1.82) is 0 Å². The number of nitrogens with two attached hydrogens (primary N) is 1. The molecule has 0 amide bonds. The highest BCUT2D eigenvalue weighted by Gasteiger charge is 2.28. The van der Waals surface area contributed by atoms with Crippen LogP contribution in [0.3, 0.4) is 0 Å². The van der Waals surface area contributed by atoms with Crippen LogP contribution in [0.4, 0.5) is 13.2 Å². The molecule has 0 fully saturated rings. The van der Waals surface area contributed by atoms with Gasteiger partial charge in [-0.1, -0.05) is 0 Å². The van der Waals surface area contributed by atoms with Gasteiger partial charge < -0.3 is 10.8 Å². The molecule has 96 valence electrons. The summed E-state index contributed by atoms with van der Waals surface area (Å²) in [6.45, 7) is 1.35. The van der Waals surface area contributed by atoms with Crippen LogP contribution in [0.15, 0.2) is 12.1 Å². The third-order valence-electron chi connectivity index (χ3n) is 2.17. The zero-order chi connectivity index (χ0) is 12.5. The SMILES string of the molecule is C[C@@H](N)C(C(=O)O)c1cc(F)c(F)cc1F.Cl. The van der Waals surface area contributed by atoms with E-state index < -0.39 is 40.9 Å². The molecular formula is C10H11ClF3NO2. The molecule has 3 N–H and O–H groups in total. The van der Waals surface area contributed by atoms with Gasteiger partial charge in [-0.15, -0.1) is 12.4 Å². The predicted octanol–water partition coefficient (Wildman–Crippen LogP) is 2.04. The largest absolute Gasteiger partial charge is 0.481 e. The van der Waals surface area contributed by atoms with Gasteiger partial charge in [0.15, 0.2) is 11.6 Å². The minimum absolute atomic E-state index is 0. The molecule has 1 aromatic carbocycles. The van der Waals surface area contributed by atoms with Crippen LogP contribution in [-0.2, 0) is 4.79 Å². The number of aliphatic carboxylic acids is 1. The van der Waals surface area contributed by atoms with Gasteiger partial charge in [0.05, 0.1) is 5.92 Å². The fraction of sp³-hybridized carbons (Fsp3) is 0.300. The van der Waals surface area contributed by atoms with Crippen molar-refractivity contribution in [3.8, 4) is 0 Å². The van der Waals surface area contributed by atoms with Crippen molar-refractivity contribution in [2.24, 2.45) is 5.73 Å². The monoisotopic (exact) mass is 269 g/mol. The minimum Gasteiger partial charge on any atom is -0.481 e. The Labute approximate surface area is 102 Å². The molecule has 1 rings (SSSR count). The summed E-state index contributed by atoms with van der Waals surface area (Å²) >= 11 is 0. The van der Waals surface area contributed by atoms with Crippen LogP contribution >= 0.6 is 12.4 Å². The Kier molecular flexibility index (Phi) is 5.44. The topological polar surface area (TPSA) is 63.3 Å². The molecule has 0 saturated heterocycles. The minimum atomic E-state index is -1.41. The predicted molar refractivity (Wildman–Crippen MR) is 57.6 cm³/mol. The number of carbonyl (C=O) groups is 1. The second kappa shape index (κ2) is 5.88. The van der Waals surface area contributed by atoms with Crippen LogP contribution in [0.25, 0.3) is 0 Å². The highest BCUT2D eigenvalue weighted by molar-refractivity contribution is 5.85. The summed E-state index contributed by atoms with van der Waals surface area (Å²) in [7, 11) is 0. The van der Waals surface area contributed by atoms with Crippen molar-refractivity contribution >= 4 is 18.4 Å². The van der Waals surface area contributed by atoms with Crippen LogP contribution < -0.4 is 5.73 Å². The van der Waals surface area contributed by atoms with Crippen molar-refractivity contribution in [3.63, 3.8) is 0 Å². The average Bonchev–Trinajstić information content (AvgIpc) is 2.12. The number of rotatable bonds is 3. The highest BCUT2D eigenvalue weighted by atomic mass is 35.5. The number of hydrogen-bond donors (Lipinski definition) is 2. The van der Waals surface area contributed by atoms with Gasteiger partial charge in [0.25, 0.3) is 0 Å². The van der Waals surface area contributed by atoms with E-state index in [0.29, 0.717) is 12.1 Å². The van der Waals surface area contributed by atoms with Crippen LogP contribution in [0.2, 0.25) is 0 Å². The van der Waals surface area contributed by atoms with Crippen LogP contribution in [0.1, 0.15) is 18.4 Å². The highest BCUT2D eigenvalue weighted by Crippen LogP contribution is 2.24. The number of benzene rings is 1. The molecular weight excluding hydrogens is 259 g/mol. The molecule has 0 radical (unpaired) electrons. The Morgan fingerprint density at radius 1 is 1.24 bits per heavy atom. The molecule has 1 unspecified atom stereocenters. The summed E-state index contributed by atoms with van der Waals surface area (Å²) < 4.78 is 38.8. The molecule has 0 aliphatic rings. The van der Waals surface area contributed by atoms with E-state index in [4.69, 9.17) is 10.8 Å². The first-order valence-corrected chi connectivity index (χ1v) is 4.47. The molecule has 0 heterocycles. The summed E-state index contributed by atoms with van der Waals surface area (Å²) in [5.41, 5.74) is 4.91. The summed E-state index contributed by atoms with van der Waals surface area (Å²) in [4.78, 5) is 10.8. The van der Waals surface area contributed by atoms with E-state index in [9.17, 15) is 18.0 Å². The van der Waals surface area contributed by atoms with Gasteiger partial charge in [-0.05, 0) is 13.0 Å². The molecule has 7 heteroatoms. The Morgan fingerprint density at radius 2 is 1.71 bits per heavy atom. The van der Waals surface area contributed by atoms with Gasteiger partial charge in [0, 0.05) is 17.7 Å². The lowest BCUT2D eigenvalue weighted by molar-refractivity contribution is -0.139. The van der Waals surface area contributed by atoms with Crippen LogP contribution in [0, 0.1) is 17.5 Å². The Morgan fingerprint density at radius 3 is 2.12 bits per heavy atom. The zero-order valence-electron chi connectivity index (χ0n) is 8.78. The summed E-state index contributed by atoms with van der Waals surface area (Å²) in [5.74, 6) is -6.59. The molecule has 3 nitrogen and oxygen atoms in total. The van der Waals surface area contributed by atoms with Crippen molar-refractivity contribution in [1.82, 2.24) is 0 Å². The molecule has 2 atom stereocenters. The second-order valence-electron chi connectivity index (χ2n) is 3.46. The number of halogens is 4. The summed E-state index contributed by atoms with van der Waals surface area (Å²) in [6, 6.07) is -0.0904. The first-order chi connectivity index (χ1) is 7.34. The normalized spacial score (nSPS) is 13.7. The summed E-state index contributed by atoms with van der Waals surface area (Å²) in [6.07, 6.45) is 0. The molecule has 17 heavy (non-hydrogen) atoms. The van der Waals surface area contributed by atoms with E-state index >= 15 is 0 Å². The third-order valence-corrected chi connectivity index (χ3v) is 2.17. The quantitative estimate of drug-likeness (QED) is 0.826. The second-order valence-corrected chi connectivity index (χ2v) is 3.46. The molecule has 1 aromatic rings. The summed E-state index contributed by atoms with van der Waals surface area (Å²) in [5, 5.41) is 8.82. The standard InChI is InChI=1S/C10H10F3NO2.ClH/c1-4(14)9(10(15)16)5-2-7(12)8(13)3-6(5)11;/h2-4,9H,14H2,1H3,(H,15,16);1H/t4-,9?;/m1./s1.